The monoisotopic (exact) mass is 288 g/mol. The van der Waals surface area contributed by atoms with Crippen molar-refractivity contribution >= 4 is 34.9 Å². The number of hydrogen-bond donors (Lipinski definition) is 2. The van der Waals surface area contributed by atoms with Crippen LogP contribution in [0.1, 0.15) is 27.2 Å². The number of rotatable bonds is 4. The average molecular weight is 289 g/mol. The molecule has 100 valence electrons. The molecule has 0 aliphatic carbocycles. The number of benzene rings is 1. The van der Waals surface area contributed by atoms with Gasteiger partial charge < -0.3 is 10.6 Å². The third-order valence-electron chi connectivity index (χ3n) is 2.38. The first-order chi connectivity index (χ1) is 8.38. The predicted molar refractivity (Wildman–Crippen MR) is 77.5 cm³/mol. The summed E-state index contributed by atoms with van der Waals surface area (Å²) in [4.78, 5) is 11.7. The van der Waals surface area contributed by atoms with Gasteiger partial charge in [-0.15, -0.1) is 0 Å². The van der Waals surface area contributed by atoms with Crippen LogP contribution < -0.4 is 10.6 Å². The number of carbonyl (C=O) groups excluding carboxylic acids is 1. The van der Waals surface area contributed by atoms with Crippen molar-refractivity contribution in [1.29, 1.82) is 0 Å². The van der Waals surface area contributed by atoms with Crippen molar-refractivity contribution in [1.82, 2.24) is 5.32 Å². The Bertz CT molecular complexity index is 421. The molecule has 0 heterocycles. The Morgan fingerprint density at radius 3 is 2.44 bits per heavy atom. The highest BCUT2D eigenvalue weighted by molar-refractivity contribution is 6.42. The quantitative estimate of drug-likeness (QED) is 0.838. The van der Waals surface area contributed by atoms with Crippen LogP contribution in [-0.4, -0.2) is 12.1 Å². The SMILES string of the molecule is CC(C)C[C@H](C)NC(=O)Nc1ccc(Cl)c(Cl)c1. The number of carbonyl (C=O) groups is 1. The van der Waals surface area contributed by atoms with E-state index in [1.807, 2.05) is 6.92 Å². The van der Waals surface area contributed by atoms with Crippen LogP contribution in [0.25, 0.3) is 0 Å². The van der Waals surface area contributed by atoms with Crippen molar-refractivity contribution in [3.63, 3.8) is 0 Å². The minimum atomic E-state index is -0.235. The van der Waals surface area contributed by atoms with Crippen molar-refractivity contribution in [2.24, 2.45) is 5.92 Å². The summed E-state index contributed by atoms with van der Waals surface area (Å²) >= 11 is 11.7. The van der Waals surface area contributed by atoms with E-state index in [0.29, 0.717) is 21.7 Å². The zero-order valence-electron chi connectivity index (χ0n) is 10.8. The van der Waals surface area contributed by atoms with Gasteiger partial charge in [-0.05, 0) is 37.5 Å². The molecule has 0 aliphatic rings. The minimum Gasteiger partial charge on any atom is -0.335 e. The summed E-state index contributed by atoms with van der Waals surface area (Å²) in [5.41, 5.74) is 0.624. The fraction of sp³-hybridized carbons (Fsp3) is 0.462. The van der Waals surface area contributed by atoms with E-state index in [2.05, 4.69) is 24.5 Å². The summed E-state index contributed by atoms with van der Waals surface area (Å²) < 4.78 is 0. The Kier molecular flexibility index (Phi) is 5.76. The molecule has 0 spiro atoms. The summed E-state index contributed by atoms with van der Waals surface area (Å²) in [6.07, 6.45) is 0.939. The molecule has 0 bridgehead atoms. The molecule has 0 aliphatic heterocycles. The second kappa shape index (κ2) is 6.86. The normalized spacial score (nSPS) is 12.3. The van der Waals surface area contributed by atoms with E-state index in [4.69, 9.17) is 23.2 Å². The first-order valence-electron chi connectivity index (χ1n) is 5.91. The van der Waals surface area contributed by atoms with Crippen LogP contribution in [0.5, 0.6) is 0 Å². The molecular weight excluding hydrogens is 271 g/mol. The van der Waals surface area contributed by atoms with Gasteiger partial charge in [-0.3, -0.25) is 0 Å². The molecule has 1 rings (SSSR count). The lowest BCUT2D eigenvalue weighted by Gasteiger charge is -2.16. The van der Waals surface area contributed by atoms with E-state index in [1.165, 1.54) is 0 Å². The molecule has 0 saturated carbocycles. The standard InChI is InChI=1S/C13H18Cl2N2O/c1-8(2)6-9(3)16-13(18)17-10-4-5-11(14)12(15)7-10/h4-5,7-9H,6H2,1-3H3,(H2,16,17,18)/t9-/m0/s1. The van der Waals surface area contributed by atoms with Gasteiger partial charge in [0.05, 0.1) is 10.0 Å². The number of urea groups is 1. The summed E-state index contributed by atoms with van der Waals surface area (Å²) in [5, 5.41) is 6.48. The fourth-order valence-corrected chi connectivity index (χ4v) is 2.03. The first kappa shape index (κ1) is 15.1. The van der Waals surface area contributed by atoms with E-state index in [-0.39, 0.29) is 12.1 Å². The van der Waals surface area contributed by atoms with E-state index < -0.39 is 0 Å². The van der Waals surface area contributed by atoms with Crippen LogP contribution in [0.4, 0.5) is 10.5 Å². The van der Waals surface area contributed by atoms with Crippen LogP contribution in [0.2, 0.25) is 10.0 Å². The third-order valence-corrected chi connectivity index (χ3v) is 3.12. The zero-order valence-corrected chi connectivity index (χ0v) is 12.3. The summed E-state index contributed by atoms with van der Waals surface area (Å²) in [7, 11) is 0. The number of amides is 2. The first-order valence-corrected chi connectivity index (χ1v) is 6.66. The molecule has 5 heteroatoms. The van der Waals surface area contributed by atoms with Crippen molar-refractivity contribution < 1.29 is 4.79 Å². The van der Waals surface area contributed by atoms with Crippen LogP contribution >= 0.6 is 23.2 Å². The van der Waals surface area contributed by atoms with E-state index in [1.54, 1.807) is 18.2 Å². The van der Waals surface area contributed by atoms with Gasteiger partial charge in [-0.1, -0.05) is 37.0 Å². The largest absolute Gasteiger partial charge is 0.335 e. The van der Waals surface area contributed by atoms with Gasteiger partial charge in [0.2, 0.25) is 0 Å². The molecule has 2 N–H and O–H groups in total. The third kappa shape index (κ3) is 5.15. The molecule has 0 saturated heterocycles. The Morgan fingerprint density at radius 1 is 1.22 bits per heavy atom. The molecule has 0 unspecified atom stereocenters. The van der Waals surface area contributed by atoms with E-state index >= 15 is 0 Å². The number of nitrogens with one attached hydrogen (secondary N) is 2. The maximum atomic E-state index is 11.7. The highest BCUT2D eigenvalue weighted by atomic mass is 35.5. The van der Waals surface area contributed by atoms with E-state index in [0.717, 1.165) is 6.42 Å². The van der Waals surface area contributed by atoms with Gasteiger partial charge in [-0.25, -0.2) is 4.79 Å². The van der Waals surface area contributed by atoms with Crippen LogP contribution in [-0.2, 0) is 0 Å². The molecule has 1 aromatic rings. The van der Waals surface area contributed by atoms with Gasteiger partial charge in [0.15, 0.2) is 0 Å². The number of halogens is 2. The van der Waals surface area contributed by atoms with Crippen molar-refractivity contribution in [3.05, 3.63) is 28.2 Å². The molecule has 0 aromatic heterocycles. The second-order valence-electron chi connectivity index (χ2n) is 4.76. The van der Waals surface area contributed by atoms with Crippen molar-refractivity contribution in [2.45, 2.75) is 33.2 Å². The van der Waals surface area contributed by atoms with Crippen molar-refractivity contribution in [3.8, 4) is 0 Å². The van der Waals surface area contributed by atoms with Gasteiger partial charge in [0, 0.05) is 11.7 Å². The molecule has 1 aromatic carbocycles. The van der Waals surface area contributed by atoms with Gasteiger partial charge in [0.1, 0.15) is 0 Å². The molecule has 18 heavy (non-hydrogen) atoms. The van der Waals surface area contributed by atoms with Gasteiger partial charge in [-0.2, -0.15) is 0 Å². The minimum absolute atomic E-state index is 0.132. The molecule has 0 fully saturated rings. The van der Waals surface area contributed by atoms with Crippen LogP contribution in [0.3, 0.4) is 0 Å². The maximum Gasteiger partial charge on any atom is 0.319 e. The van der Waals surface area contributed by atoms with Crippen molar-refractivity contribution in [2.75, 3.05) is 5.32 Å². The summed E-state index contributed by atoms with van der Waals surface area (Å²) in [6, 6.07) is 4.88. The fourth-order valence-electron chi connectivity index (χ4n) is 1.73. The summed E-state index contributed by atoms with van der Waals surface area (Å²) in [5.74, 6) is 0.547. The highest BCUT2D eigenvalue weighted by Crippen LogP contribution is 2.24. The predicted octanol–water partition coefficient (Wildman–Crippen LogP) is 4.55. The smallest absolute Gasteiger partial charge is 0.319 e. The molecule has 2 amide bonds. The lowest BCUT2D eigenvalue weighted by atomic mass is 10.1. The Morgan fingerprint density at radius 2 is 1.89 bits per heavy atom. The molecule has 0 radical (unpaired) electrons. The lowest BCUT2D eigenvalue weighted by molar-refractivity contribution is 0.247. The molecule has 1 atom stereocenters. The molecule has 3 nitrogen and oxygen atoms in total. The highest BCUT2D eigenvalue weighted by Gasteiger charge is 2.09. The molecular formula is C13H18Cl2N2O. The van der Waals surface area contributed by atoms with Gasteiger partial charge in [0.25, 0.3) is 0 Å². The second-order valence-corrected chi connectivity index (χ2v) is 5.57. The van der Waals surface area contributed by atoms with E-state index in [9.17, 15) is 4.79 Å². The van der Waals surface area contributed by atoms with Gasteiger partial charge >= 0.3 is 6.03 Å². The zero-order chi connectivity index (χ0) is 13.7. The Hall–Kier alpha value is -0.930. The van der Waals surface area contributed by atoms with Crippen LogP contribution in [0.15, 0.2) is 18.2 Å². The average Bonchev–Trinajstić information content (AvgIpc) is 2.21. The Labute approximate surface area is 118 Å². The summed E-state index contributed by atoms with van der Waals surface area (Å²) in [6.45, 7) is 6.22. The lowest BCUT2D eigenvalue weighted by Crippen LogP contribution is -2.36. The number of hydrogen-bond acceptors (Lipinski definition) is 1. The maximum absolute atomic E-state index is 11.7. The number of anilines is 1. The Balaban J connectivity index is 2.51. The van der Waals surface area contributed by atoms with Crippen LogP contribution in [0, 0.1) is 5.92 Å². The topological polar surface area (TPSA) is 41.1 Å².